The van der Waals surface area contributed by atoms with E-state index in [1.54, 1.807) is 12.1 Å². The van der Waals surface area contributed by atoms with Crippen LogP contribution in [0.2, 0.25) is 0 Å². The van der Waals surface area contributed by atoms with E-state index < -0.39 is 5.97 Å². The van der Waals surface area contributed by atoms with Crippen molar-refractivity contribution in [1.29, 1.82) is 0 Å². The van der Waals surface area contributed by atoms with Crippen LogP contribution < -0.4 is 14.2 Å². The summed E-state index contributed by atoms with van der Waals surface area (Å²) in [5, 5.41) is 8.66. The third-order valence-corrected chi connectivity index (χ3v) is 2.27. The summed E-state index contributed by atoms with van der Waals surface area (Å²) in [6, 6.07) is 3.42. The van der Waals surface area contributed by atoms with Crippen molar-refractivity contribution in [3.63, 3.8) is 0 Å². The van der Waals surface area contributed by atoms with Crippen LogP contribution in [0.4, 0.5) is 0 Å². The average Bonchev–Trinajstić information content (AvgIpc) is 2.71. The Bertz CT molecular complexity index is 490. The number of hydrogen-bond donors (Lipinski definition) is 1. The second-order valence-corrected chi connectivity index (χ2v) is 4.08. The number of aliphatic carboxylic acids is 1. The fraction of sp³-hybridized carbons (Fsp3) is 0.308. The topological polar surface area (TPSA) is 65.0 Å². The molecule has 96 valence electrons. The van der Waals surface area contributed by atoms with Gasteiger partial charge in [0.25, 0.3) is 0 Å². The number of fused-ring (bicyclic) bond motifs is 1. The van der Waals surface area contributed by atoms with Gasteiger partial charge in [-0.05, 0) is 26.0 Å². The van der Waals surface area contributed by atoms with E-state index in [1.807, 2.05) is 13.8 Å². The Morgan fingerprint density at radius 1 is 1.39 bits per heavy atom. The second-order valence-electron chi connectivity index (χ2n) is 4.08. The van der Waals surface area contributed by atoms with E-state index in [0.717, 1.165) is 6.08 Å². The molecular weight excluding hydrogens is 236 g/mol. The quantitative estimate of drug-likeness (QED) is 0.830. The maximum atomic E-state index is 10.6. The Morgan fingerprint density at radius 3 is 2.67 bits per heavy atom. The van der Waals surface area contributed by atoms with Crippen LogP contribution in [-0.2, 0) is 4.79 Å². The normalized spacial score (nSPS) is 13.3. The highest BCUT2D eigenvalue weighted by Gasteiger charge is 2.17. The second kappa shape index (κ2) is 5.00. The summed E-state index contributed by atoms with van der Waals surface area (Å²) < 4.78 is 16.1. The molecule has 0 radical (unpaired) electrons. The number of benzene rings is 1. The molecule has 0 unspecified atom stereocenters. The molecule has 1 aromatic carbocycles. The third kappa shape index (κ3) is 2.74. The summed E-state index contributed by atoms with van der Waals surface area (Å²) in [6.45, 7) is 3.97. The minimum Gasteiger partial charge on any atom is -0.490 e. The predicted molar refractivity (Wildman–Crippen MR) is 65.0 cm³/mol. The summed E-state index contributed by atoms with van der Waals surface area (Å²) in [5.41, 5.74) is 0.648. The molecule has 1 aliphatic rings. The Hall–Kier alpha value is -2.17. The number of hydrogen-bond acceptors (Lipinski definition) is 4. The van der Waals surface area contributed by atoms with Gasteiger partial charge in [-0.15, -0.1) is 0 Å². The van der Waals surface area contributed by atoms with E-state index >= 15 is 0 Å². The Kier molecular flexibility index (Phi) is 3.41. The minimum atomic E-state index is -1.01. The molecule has 1 heterocycles. The Labute approximate surface area is 105 Å². The molecule has 0 aromatic heterocycles. The van der Waals surface area contributed by atoms with E-state index in [2.05, 4.69) is 0 Å². The molecule has 1 aliphatic heterocycles. The third-order valence-electron chi connectivity index (χ3n) is 2.27. The molecule has 5 nitrogen and oxygen atoms in total. The molecule has 1 N–H and O–H groups in total. The van der Waals surface area contributed by atoms with Gasteiger partial charge in [0, 0.05) is 17.7 Å². The predicted octanol–water partition coefficient (Wildman–Crippen LogP) is 2.30. The van der Waals surface area contributed by atoms with Gasteiger partial charge in [-0.1, -0.05) is 0 Å². The van der Waals surface area contributed by atoms with Crippen molar-refractivity contribution < 1.29 is 24.1 Å². The highest BCUT2D eigenvalue weighted by atomic mass is 16.7. The number of carboxylic acids is 1. The van der Waals surface area contributed by atoms with Crippen molar-refractivity contribution in [3.05, 3.63) is 23.8 Å². The summed E-state index contributed by atoms with van der Waals surface area (Å²) in [5.74, 6) is 0.768. The van der Waals surface area contributed by atoms with E-state index in [4.69, 9.17) is 19.3 Å². The minimum absolute atomic E-state index is 0.0117. The van der Waals surface area contributed by atoms with Crippen LogP contribution in [0.5, 0.6) is 17.2 Å². The van der Waals surface area contributed by atoms with Gasteiger partial charge in [0.2, 0.25) is 6.79 Å². The van der Waals surface area contributed by atoms with Crippen LogP contribution in [0.25, 0.3) is 6.08 Å². The van der Waals surface area contributed by atoms with Crippen molar-refractivity contribution in [2.45, 2.75) is 20.0 Å². The van der Waals surface area contributed by atoms with Crippen LogP contribution in [0.3, 0.4) is 0 Å². The monoisotopic (exact) mass is 250 g/mol. The van der Waals surface area contributed by atoms with Crippen LogP contribution in [-0.4, -0.2) is 24.0 Å². The molecule has 18 heavy (non-hydrogen) atoms. The van der Waals surface area contributed by atoms with Gasteiger partial charge in [-0.2, -0.15) is 0 Å². The van der Waals surface area contributed by atoms with Crippen molar-refractivity contribution in [2.24, 2.45) is 0 Å². The largest absolute Gasteiger partial charge is 0.490 e. The number of ether oxygens (including phenoxy) is 3. The molecule has 0 amide bonds. The van der Waals surface area contributed by atoms with Gasteiger partial charge in [0.15, 0.2) is 11.5 Å². The van der Waals surface area contributed by atoms with Gasteiger partial charge < -0.3 is 19.3 Å². The first kappa shape index (κ1) is 12.3. The van der Waals surface area contributed by atoms with E-state index in [-0.39, 0.29) is 12.9 Å². The van der Waals surface area contributed by atoms with Crippen molar-refractivity contribution in [2.75, 3.05) is 6.79 Å². The highest BCUT2D eigenvalue weighted by molar-refractivity contribution is 5.86. The fourth-order valence-electron chi connectivity index (χ4n) is 1.59. The number of carbonyl (C=O) groups is 1. The molecule has 5 heteroatoms. The van der Waals surface area contributed by atoms with E-state index in [9.17, 15) is 4.79 Å². The van der Waals surface area contributed by atoms with Gasteiger partial charge in [0.1, 0.15) is 5.75 Å². The van der Waals surface area contributed by atoms with E-state index in [1.165, 1.54) is 6.08 Å². The first-order valence-electron chi connectivity index (χ1n) is 5.57. The fourth-order valence-corrected chi connectivity index (χ4v) is 1.59. The van der Waals surface area contributed by atoms with Crippen LogP contribution in [0, 0.1) is 0 Å². The maximum Gasteiger partial charge on any atom is 0.328 e. The summed E-state index contributed by atoms with van der Waals surface area (Å²) in [6.07, 6.45) is 2.52. The molecule has 0 saturated carbocycles. The van der Waals surface area contributed by atoms with Gasteiger partial charge >= 0.3 is 5.97 Å². The number of rotatable bonds is 4. The zero-order valence-electron chi connectivity index (χ0n) is 10.2. The van der Waals surface area contributed by atoms with Gasteiger partial charge in [0.05, 0.1) is 6.10 Å². The van der Waals surface area contributed by atoms with Gasteiger partial charge in [-0.3, -0.25) is 0 Å². The van der Waals surface area contributed by atoms with Gasteiger partial charge in [-0.25, -0.2) is 4.79 Å². The molecule has 0 atom stereocenters. The van der Waals surface area contributed by atoms with E-state index in [0.29, 0.717) is 22.8 Å². The summed E-state index contributed by atoms with van der Waals surface area (Å²) >= 11 is 0. The number of carboxylic acid groups (broad SMARTS) is 1. The molecule has 0 bridgehead atoms. The smallest absolute Gasteiger partial charge is 0.328 e. The zero-order chi connectivity index (χ0) is 13.1. The molecule has 0 aliphatic carbocycles. The van der Waals surface area contributed by atoms with Crippen LogP contribution in [0.1, 0.15) is 19.4 Å². The molecule has 0 saturated heterocycles. The van der Waals surface area contributed by atoms with Crippen molar-refractivity contribution >= 4 is 12.0 Å². The SMILES string of the molecule is CC(C)Oc1cc2c(cc1/C=C/C(=O)O)OCO2. The Morgan fingerprint density at radius 2 is 2.06 bits per heavy atom. The molecule has 1 aromatic rings. The maximum absolute atomic E-state index is 10.6. The standard InChI is InChI=1S/C13H14O5/c1-8(2)18-10-6-12-11(16-7-17-12)5-9(10)3-4-13(14)15/h3-6,8H,7H2,1-2H3,(H,14,15)/b4-3+. The summed E-state index contributed by atoms with van der Waals surface area (Å²) in [7, 11) is 0. The molecule has 0 fully saturated rings. The summed E-state index contributed by atoms with van der Waals surface area (Å²) in [4.78, 5) is 10.6. The van der Waals surface area contributed by atoms with Crippen LogP contribution >= 0.6 is 0 Å². The lowest BCUT2D eigenvalue weighted by Gasteiger charge is -2.13. The zero-order valence-corrected chi connectivity index (χ0v) is 10.2. The lowest BCUT2D eigenvalue weighted by atomic mass is 10.1. The van der Waals surface area contributed by atoms with Crippen LogP contribution in [0.15, 0.2) is 18.2 Å². The highest BCUT2D eigenvalue weighted by Crippen LogP contribution is 2.39. The lowest BCUT2D eigenvalue weighted by molar-refractivity contribution is -0.131. The first-order chi connectivity index (χ1) is 8.56. The first-order valence-corrected chi connectivity index (χ1v) is 5.57. The van der Waals surface area contributed by atoms with Crippen molar-refractivity contribution in [1.82, 2.24) is 0 Å². The van der Waals surface area contributed by atoms with Crippen molar-refractivity contribution in [3.8, 4) is 17.2 Å². The molecule has 2 rings (SSSR count). The average molecular weight is 250 g/mol. The Balaban J connectivity index is 2.38. The molecule has 0 spiro atoms. The lowest BCUT2D eigenvalue weighted by Crippen LogP contribution is -2.06. The molecular formula is C13H14O5.